The number of hydrogen-bond acceptors (Lipinski definition) is 1. The summed E-state index contributed by atoms with van der Waals surface area (Å²) in [7, 11) is 0. The van der Waals surface area contributed by atoms with Crippen LogP contribution in [-0.4, -0.2) is 5.78 Å². The third-order valence-electron chi connectivity index (χ3n) is 4.96. The van der Waals surface area contributed by atoms with Gasteiger partial charge in [0.05, 0.1) is 0 Å². The van der Waals surface area contributed by atoms with Gasteiger partial charge in [0.2, 0.25) is 0 Å². The Morgan fingerprint density at radius 2 is 1.85 bits per heavy atom. The maximum Gasteiger partial charge on any atom is 0.139 e. The lowest BCUT2D eigenvalue weighted by Gasteiger charge is -2.32. The molecular formula is C12H18O. The highest BCUT2D eigenvalue weighted by Gasteiger charge is 2.60. The predicted octanol–water partition coefficient (Wildman–Crippen LogP) is 2.65. The summed E-state index contributed by atoms with van der Waals surface area (Å²) in [6.45, 7) is 4.73. The Hall–Kier alpha value is -0.330. The second-order valence-electron chi connectivity index (χ2n) is 5.91. The smallest absolute Gasteiger partial charge is 0.139 e. The fourth-order valence-corrected chi connectivity index (χ4v) is 4.46. The molecule has 1 nitrogen and oxygen atoms in total. The molecule has 72 valence electrons. The van der Waals surface area contributed by atoms with Gasteiger partial charge in [-0.1, -0.05) is 13.8 Å². The van der Waals surface area contributed by atoms with Gasteiger partial charge >= 0.3 is 0 Å². The number of carbonyl (C=O) groups is 1. The molecule has 0 aliphatic heterocycles. The first-order chi connectivity index (χ1) is 6.11. The predicted molar refractivity (Wildman–Crippen MR) is 51.2 cm³/mol. The summed E-state index contributed by atoms with van der Waals surface area (Å²) >= 11 is 0. The monoisotopic (exact) mass is 178 g/mol. The Morgan fingerprint density at radius 3 is 2.54 bits per heavy atom. The highest BCUT2D eigenvalue weighted by molar-refractivity contribution is 5.88. The van der Waals surface area contributed by atoms with Crippen LogP contribution in [0.5, 0.6) is 0 Å². The van der Waals surface area contributed by atoms with Crippen LogP contribution >= 0.6 is 0 Å². The fourth-order valence-electron chi connectivity index (χ4n) is 4.46. The maximum absolute atomic E-state index is 11.9. The first kappa shape index (κ1) is 8.02. The minimum Gasteiger partial charge on any atom is -0.299 e. The SMILES string of the molecule is CC1(C)CCC2C3CCC(C3=O)C21. The average Bonchev–Trinajstić information content (AvgIpc) is 2.65. The van der Waals surface area contributed by atoms with Gasteiger partial charge in [-0.2, -0.15) is 0 Å². The van der Waals surface area contributed by atoms with Crippen LogP contribution < -0.4 is 0 Å². The molecule has 3 aliphatic carbocycles. The van der Waals surface area contributed by atoms with E-state index in [1.54, 1.807) is 0 Å². The third kappa shape index (κ3) is 0.812. The second-order valence-corrected chi connectivity index (χ2v) is 5.91. The van der Waals surface area contributed by atoms with Crippen LogP contribution in [-0.2, 0) is 4.79 Å². The summed E-state index contributed by atoms with van der Waals surface area (Å²) < 4.78 is 0. The molecule has 0 N–H and O–H groups in total. The van der Waals surface area contributed by atoms with E-state index in [4.69, 9.17) is 0 Å². The van der Waals surface area contributed by atoms with Crippen molar-refractivity contribution in [2.75, 3.05) is 0 Å². The van der Waals surface area contributed by atoms with Crippen LogP contribution in [0.15, 0.2) is 0 Å². The average molecular weight is 178 g/mol. The van der Waals surface area contributed by atoms with Crippen LogP contribution in [0, 0.1) is 29.1 Å². The van der Waals surface area contributed by atoms with Crippen molar-refractivity contribution in [3.63, 3.8) is 0 Å². The Bertz CT molecular complexity index is 266. The Morgan fingerprint density at radius 1 is 1.15 bits per heavy atom. The van der Waals surface area contributed by atoms with Crippen LogP contribution in [0.2, 0.25) is 0 Å². The van der Waals surface area contributed by atoms with Gasteiger partial charge in [0.25, 0.3) is 0 Å². The molecule has 3 saturated carbocycles. The summed E-state index contributed by atoms with van der Waals surface area (Å²) in [5.74, 6) is 3.10. The summed E-state index contributed by atoms with van der Waals surface area (Å²) in [6.07, 6.45) is 5.09. The van der Waals surface area contributed by atoms with Crippen molar-refractivity contribution in [1.29, 1.82) is 0 Å². The molecule has 4 unspecified atom stereocenters. The highest BCUT2D eigenvalue weighted by Crippen LogP contribution is 2.63. The third-order valence-corrected chi connectivity index (χ3v) is 4.96. The van der Waals surface area contributed by atoms with E-state index in [1.165, 1.54) is 25.7 Å². The summed E-state index contributed by atoms with van der Waals surface area (Å²) in [4.78, 5) is 11.9. The van der Waals surface area contributed by atoms with Crippen LogP contribution in [0.25, 0.3) is 0 Å². The molecule has 13 heavy (non-hydrogen) atoms. The number of hydrogen-bond donors (Lipinski definition) is 0. The number of rotatable bonds is 0. The van der Waals surface area contributed by atoms with Gasteiger partial charge < -0.3 is 0 Å². The summed E-state index contributed by atoms with van der Waals surface area (Å²) in [5, 5.41) is 0. The molecule has 3 fully saturated rings. The molecule has 0 aromatic rings. The van der Waals surface area contributed by atoms with E-state index in [-0.39, 0.29) is 0 Å². The normalized spacial score (nSPS) is 51.4. The first-order valence-electron chi connectivity index (χ1n) is 5.65. The van der Waals surface area contributed by atoms with Crippen molar-refractivity contribution in [3.8, 4) is 0 Å². The van der Waals surface area contributed by atoms with Crippen molar-refractivity contribution in [2.45, 2.75) is 39.5 Å². The molecule has 0 saturated heterocycles. The molecule has 3 rings (SSSR count). The number of Topliss-reactive ketones (excluding diaryl/α,β-unsaturated/α-hetero) is 1. The van der Waals surface area contributed by atoms with Crippen molar-refractivity contribution in [1.82, 2.24) is 0 Å². The lowest BCUT2D eigenvalue weighted by Crippen LogP contribution is -2.27. The number of carbonyl (C=O) groups excluding carboxylic acids is 1. The summed E-state index contributed by atoms with van der Waals surface area (Å²) in [5.41, 5.74) is 0.458. The van der Waals surface area contributed by atoms with Crippen molar-refractivity contribution < 1.29 is 4.79 Å². The fraction of sp³-hybridized carbons (Fsp3) is 0.917. The lowest BCUT2D eigenvalue weighted by atomic mass is 9.71. The number of ketones is 1. The van der Waals surface area contributed by atoms with Crippen LogP contribution in [0.3, 0.4) is 0 Å². The highest BCUT2D eigenvalue weighted by atomic mass is 16.1. The van der Waals surface area contributed by atoms with Crippen molar-refractivity contribution in [2.24, 2.45) is 29.1 Å². The Balaban J connectivity index is 2.01. The van der Waals surface area contributed by atoms with E-state index in [9.17, 15) is 4.79 Å². The Labute approximate surface area is 79.9 Å². The molecule has 0 spiro atoms. The Kier molecular flexibility index (Phi) is 1.35. The van der Waals surface area contributed by atoms with E-state index >= 15 is 0 Å². The lowest BCUT2D eigenvalue weighted by molar-refractivity contribution is -0.122. The minimum atomic E-state index is 0.458. The van der Waals surface area contributed by atoms with E-state index < -0.39 is 0 Å². The molecule has 3 aliphatic rings. The molecule has 2 bridgehead atoms. The van der Waals surface area contributed by atoms with Crippen molar-refractivity contribution in [3.05, 3.63) is 0 Å². The zero-order valence-corrected chi connectivity index (χ0v) is 8.55. The molecular weight excluding hydrogens is 160 g/mol. The van der Waals surface area contributed by atoms with Gasteiger partial charge in [0, 0.05) is 11.8 Å². The van der Waals surface area contributed by atoms with Gasteiger partial charge in [-0.15, -0.1) is 0 Å². The topological polar surface area (TPSA) is 17.1 Å². The molecule has 0 aromatic carbocycles. The van der Waals surface area contributed by atoms with Gasteiger partial charge in [0.15, 0.2) is 0 Å². The molecule has 0 heterocycles. The van der Waals surface area contributed by atoms with Gasteiger partial charge in [-0.25, -0.2) is 0 Å². The van der Waals surface area contributed by atoms with E-state index in [2.05, 4.69) is 13.8 Å². The number of fused-ring (bicyclic) bond motifs is 5. The quantitative estimate of drug-likeness (QED) is 0.557. The standard InChI is InChI=1S/C12H18O/c1-12(2)6-5-7-8-3-4-9(10(7)12)11(8)13/h7-10H,3-6H2,1-2H3. The van der Waals surface area contributed by atoms with Crippen LogP contribution in [0.1, 0.15) is 39.5 Å². The van der Waals surface area contributed by atoms with Gasteiger partial charge in [0.1, 0.15) is 5.78 Å². The van der Waals surface area contributed by atoms with Gasteiger partial charge in [-0.05, 0) is 42.9 Å². The molecule has 4 atom stereocenters. The van der Waals surface area contributed by atoms with E-state index in [1.807, 2.05) is 0 Å². The summed E-state index contributed by atoms with van der Waals surface area (Å²) in [6, 6.07) is 0. The minimum absolute atomic E-state index is 0.458. The van der Waals surface area contributed by atoms with Crippen LogP contribution in [0.4, 0.5) is 0 Å². The van der Waals surface area contributed by atoms with Crippen molar-refractivity contribution >= 4 is 5.78 Å². The van der Waals surface area contributed by atoms with E-state index in [0.29, 0.717) is 23.0 Å². The molecule has 0 radical (unpaired) electrons. The second kappa shape index (κ2) is 2.18. The zero-order chi connectivity index (χ0) is 9.22. The maximum atomic E-state index is 11.9. The molecule has 0 aromatic heterocycles. The largest absolute Gasteiger partial charge is 0.299 e. The van der Waals surface area contributed by atoms with E-state index in [0.717, 1.165) is 11.8 Å². The molecule has 1 heteroatoms. The molecule has 0 amide bonds. The first-order valence-corrected chi connectivity index (χ1v) is 5.65. The van der Waals surface area contributed by atoms with Gasteiger partial charge in [-0.3, -0.25) is 4.79 Å². The zero-order valence-electron chi connectivity index (χ0n) is 8.55.